The van der Waals surface area contributed by atoms with E-state index in [9.17, 15) is 13.6 Å². The van der Waals surface area contributed by atoms with Gasteiger partial charge in [0.2, 0.25) is 0 Å². The number of nitrogens with zero attached hydrogens (tertiary/aromatic N) is 1. The Morgan fingerprint density at radius 3 is 1.75 bits per heavy atom. The Morgan fingerprint density at radius 2 is 1.27 bits per heavy atom. The second-order valence-electron chi connectivity index (χ2n) is 9.81. The Balaban J connectivity index is 1.51. The van der Waals surface area contributed by atoms with Gasteiger partial charge >= 0.3 is 12.7 Å². The van der Waals surface area contributed by atoms with E-state index in [4.69, 9.17) is 9.47 Å². The molecule has 1 saturated heterocycles. The Bertz CT molecular complexity index is 1240. The van der Waals surface area contributed by atoms with Crippen LogP contribution < -0.4 is 5.32 Å². The van der Waals surface area contributed by atoms with Crippen LogP contribution in [0.5, 0.6) is 0 Å². The Morgan fingerprint density at radius 1 is 0.800 bits per heavy atom. The van der Waals surface area contributed by atoms with Gasteiger partial charge in [-0.25, -0.2) is 4.79 Å². The molecule has 4 aromatic carbocycles. The quantitative estimate of drug-likeness (QED) is 0.243. The summed E-state index contributed by atoms with van der Waals surface area (Å²) in [6, 6.07) is 38.5. The van der Waals surface area contributed by atoms with Gasteiger partial charge in [0.15, 0.2) is 0 Å². The lowest BCUT2D eigenvalue weighted by Gasteiger charge is -2.45. The van der Waals surface area contributed by atoms with Crippen LogP contribution in [0.2, 0.25) is 0 Å². The van der Waals surface area contributed by atoms with Crippen molar-refractivity contribution in [1.29, 1.82) is 0 Å². The molecule has 0 unspecified atom stereocenters. The summed E-state index contributed by atoms with van der Waals surface area (Å²) in [7, 11) is 0. The maximum Gasteiger partial charge on any atom is 0.410 e. The van der Waals surface area contributed by atoms with Crippen molar-refractivity contribution in [2.45, 2.75) is 37.3 Å². The summed E-state index contributed by atoms with van der Waals surface area (Å²) in [5.41, 5.74) is 2.78. The first-order valence-electron chi connectivity index (χ1n) is 13.4. The molecule has 2 atom stereocenters. The summed E-state index contributed by atoms with van der Waals surface area (Å²) in [4.78, 5) is 14.7. The van der Waals surface area contributed by atoms with Gasteiger partial charge in [0, 0.05) is 13.1 Å². The molecular weight excluding hydrogens is 510 g/mol. The third kappa shape index (κ3) is 6.22. The van der Waals surface area contributed by atoms with Gasteiger partial charge in [-0.1, -0.05) is 121 Å². The fourth-order valence-electron chi connectivity index (χ4n) is 5.43. The second kappa shape index (κ2) is 12.9. The fraction of sp³-hybridized carbons (Fsp3) is 0.242. The zero-order valence-electron chi connectivity index (χ0n) is 22.0. The first-order valence-corrected chi connectivity index (χ1v) is 13.4. The lowest BCUT2D eigenvalue weighted by Crippen LogP contribution is -2.61. The first-order chi connectivity index (χ1) is 19.6. The summed E-state index contributed by atoms with van der Waals surface area (Å²) in [6.45, 7) is -2.42. The monoisotopic (exact) mass is 542 g/mol. The van der Waals surface area contributed by atoms with Crippen LogP contribution in [0, 0.1) is 0 Å². The molecule has 1 N–H and O–H groups in total. The van der Waals surface area contributed by atoms with Crippen LogP contribution in [0.4, 0.5) is 13.6 Å². The van der Waals surface area contributed by atoms with E-state index in [0.29, 0.717) is 0 Å². The standard InChI is InChI=1S/C33H32F2N2O3/c34-31(35)40-30-21-22-37(32(38)39-24-25-13-5-1-6-14-25)23-29(30)36-33(26-15-7-2-8-16-26,27-17-9-3-10-18-27)28-19-11-4-12-20-28/h1-20,29-31,36H,21-24H2/t29-,30+/m0/s1. The number of halogens is 2. The van der Waals surface area contributed by atoms with Crippen molar-refractivity contribution in [2.24, 2.45) is 0 Å². The van der Waals surface area contributed by atoms with Crippen molar-refractivity contribution in [1.82, 2.24) is 10.2 Å². The molecule has 206 valence electrons. The summed E-state index contributed by atoms with van der Waals surface area (Å²) >= 11 is 0. The van der Waals surface area contributed by atoms with Crippen molar-refractivity contribution in [3.8, 4) is 0 Å². The predicted molar refractivity (Wildman–Crippen MR) is 150 cm³/mol. The highest BCUT2D eigenvalue weighted by molar-refractivity contribution is 5.68. The summed E-state index contributed by atoms with van der Waals surface area (Å²) in [5.74, 6) is 0. The molecule has 1 aliphatic rings. The van der Waals surface area contributed by atoms with E-state index in [0.717, 1.165) is 22.3 Å². The zero-order valence-corrected chi connectivity index (χ0v) is 22.0. The third-order valence-corrected chi connectivity index (χ3v) is 7.31. The maximum absolute atomic E-state index is 13.6. The lowest BCUT2D eigenvalue weighted by molar-refractivity contribution is -0.180. The number of alkyl halides is 2. The molecule has 5 rings (SSSR count). The van der Waals surface area contributed by atoms with Gasteiger partial charge in [-0.2, -0.15) is 8.78 Å². The molecule has 1 amide bonds. The molecule has 0 bridgehead atoms. The lowest BCUT2D eigenvalue weighted by atomic mass is 9.76. The van der Waals surface area contributed by atoms with E-state index < -0.39 is 30.4 Å². The number of hydrogen-bond acceptors (Lipinski definition) is 4. The summed E-state index contributed by atoms with van der Waals surface area (Å²) in [6.07, 6.45) is -1.08. The molecule has 1 fully saturated rings. The van der Waals surface area contributed by atoms with Gasteiger partial charge < -0.3 is 14.4 Å². The number of amides is 1. The van der Waals surface area contributed by atoms with Gasteiger partial charge in [-0.3, -0.25) is 5.32 Å². The molecule has 0 aliphatic carbocycles. The van der Waals surface area contributed by atoms with Crippen LogP contribution in [-0.2, 0) is 21.6 Å². The molecule has 0 radical (unpaired) electrons. The number of ether oxygens (including phenoxy) is 2. The average molecular weight is 543 g/mol. The number of carbonyl (C=O) groups is 1. The van der Waals surface area contributed by atoms with E-state index >= 15 is 0 Å². The van der Waals surface area contributed by atoms with E-state index in [1.807, 2.05) is 121 Å². The number of benzene rings is 4. The maximum atomic E-state index is 13.6. The van der Waals surface area contributed by atoms with Gasteiger partial charge in [0.1, 0.15) is 6.61 Å². The number of piperidine rings is 1. The highest BCUT2D eigenvalue weighted by Crippen LogP contribution is 2.38. The minimum absolute atomic E-state index is 0.132. The van der Waals surface area contributed by atoms with Crippen LogP contribution in [0.25, 0.3) is 0 Å². The smallest absolute Gasteiger partial charge is 0.410 e. The third-order valence-electron chi connectivity index (χ3n) is 7.31. The Kier molecular flexibility index (Phi) is 8.84. The number of likely N-dealkylation sites (tertiary alicyclic amines) is 1. The van der Waals surface area contributed by atoms with Crippen LogP contribution in [-0.4, -0.2) is 42.8 Å². The predicted octanol–water partition coefficient (Wildman–Crippen LogP) is 6.59. The number of hydrogen-bond donors (Lipinski definition) is 1. The van der Waals surface area contributed by atoms with Gasteiger partial charge in [0.05, 0.1) is 17.7 Å². The van der Waals surface area contributed by atoms with Crippen molar-refractivity contribution in [3.63, 3.8) is 0 Å². The Labute approximate surface area is 233 Å². The van der Waals surface area contributed by atoms with Crippen molar-refractivity contribution < 1.29 is 23.0 Å². The Hall–Kier alpha value is -4.07. The van der Waals surface area contributed by atoms with Crippen molar-refractivity contribution >= 4 is 6.09 Å². The molecule has 1 aliphatic heterocycles. The fourth-order valence-corrected chi connectivity index (χ4v) is 5.43. The molecule has 7 heteroatoms. The van der Waals surface area contributed by atoms with Crippen molar-refractivity contribution in [3.05, 3.63) is 144 Å². The topological polar surface area (TPSA) is 50.8 Å². The van der Waals surface area contributed by atoms with E-state index in [1.165, 1.54) is 0 Å². The normalized spacial score (nSPS) is 17.5. The molecule has 0 aromatic heterocycles. The SMILES string of the molecule is O=C(OCc1ccccc1)N1CC[C@@H](OC(F)F)[C@@H](NC(c2ccccc2)(c2ccccc2)c2ccccc2)C1. The number of carbonyl (C=O) groups excluding carboxylic acids is 1. The van der Waals surface area contributed by atoms with E-state index in [2.05, 4.69) is 5.32 Å². The molecule has 0 saturated carbocycles. The van der Waals surface area contributed by atoms with Crippen LogP contribution >= 0.6 is 0 Å². The van der Waals surface area contributed by atoms with E-state index in [-0.39, 0.29) is 26.1 Å². The first kappa shape index (κ1) is 27.5. The van der Waals surface area contributed by atoms with Crippen LogP contribution in [0.15, 0.2) is 121 Å². The highest BCUT2D eigenvalue weighted by Gasteiger charge is 2.43. The van der Waals surface area contributed by atoms with Crippen molar-refractivity contribution in [2.75, 3.05) is 13.1 Å². The second-order valence-corrected chi connectivity index (χ2v) is 9.81. The summed E-state index contributed by atoms with van der Waals surface area (Å²) < 4.78 is 37.9. The molecule has 1 heterocycles. The highest BCUT2D eigenvalue weighted by atomic mass is 19.3. The average Bonchev–Trinajstić information content (AvgIpc) is 3.01. The largest absolute Gasteiger partial charge is 0.445 e. The molecule has 5 nitrogen and oxygen atoms in total. The minimum Gasteiger partial charge on any atom is -0.445 e. The molecule has 40 heavy (non-hydrogen) atoms. The molecule has 4 aromatic rings. The van der Waals surface area contributed by atoms with Gasteiger partial charge in [0.25, 0.3) is 0 Å². The van der Waals surface area contributed by atoms with E-state index in [1.54, 1.807) is 4.90 Å². The van der Waals surface area contributed by atoms with Gasteiger partial charge in [-0.15, -0.1) is 0 Å². The van der Waals surface area contributed by atoms with Crippen LogP contribution in [0.3, 0.4) is 0 Å². The van der Waals surface area contributed by atoms with Crippen LogP contribution in [0.1, 0.15) is 28.7 Å². The number of rotatable bonds is 9. The summed E-state index contributed by atoms with van der Waals surface area (Å²) in [5, 5.41) is 3.72. The molecule has 0 spiro atoms. The zero-order chi connectivity index (χ0) is 27.8. The van der Waals surface area contributed by atoms with Gasteiger partial charge in [-0.05, 0) is 28.7 Å². The minimum atomic E-state index is -2.94. The molecular formula is C33H32F2N2O3. The number of nitrogens with one attached hydrogen (secondary N) is 1.